The first-order chi connectivity index (χ1) is 23.4. The Kier molecular flexibility index (Phi) is 11.0. The molecule has 1 aromatic carbocycles. The molecule has 3 heterocycles. The maximum atomic E-state index is 14.8. The van der Waals surface area contributed by atoms with Gasteiger partial charge < -0.3 is 23.7 Å². The Morgan fingerprint density at radius 3 is 2.04 bits per heavy atom. The van der Waals surface area contributed by atoms with E-state index >= 15 is 0 Å². The zero-order valence-corrected chi connectivity index (χ0v) is 28.5. The van der Waals surface area contributed by atoms with Crippen LogP contribution in [0.2, 0.25) is 0 Å². The summed E-state index contributed by atoms with van der Waals surface area (Å²) in [5, 5.41) is 17.8. The van der Waals surface area contributed by atoms with Crippen molar-refractivity contribution >= 4 is 17.9 Å². The van der Waals surface area contributed by atoms with E-state index in [2.05, 4.69) is 15.2 Å². The highest BCUT2D eigenvalue weighted by molar-refractivity contribution is 6.11. The second-order valence-corrected chi connectivity index (χ2v) is 13.9. The van der Waals surface area contributed by atoms with Gasteiger partial charge in [0, 0.05) is 6.42 Å². The van der Waals surface area contributed by atoms with Crippen molar-refractivity contribution in [1.29, 1.82) is 0 Å². The molecule has 0 saturated heterocycles. The Bertz CT molecular complexity index is 1690. The van der Waals surface area contributed by atoms with Crippen LogP contribution >= 0.6 is 0 Å². The molecular weight excluding hydrogens is 697 g/mol. The van der Waals surface area contributed by atoms with Crippen molar-refractivity contribution in [2.75, 3.05) is 4.90 Å². The number of hydrogen-bond acceptors (Lipinski definition) is 10. The molecule has 0 aliphatic carbocycles. The van der Waals surface area contributed by atoms with Gasteiger partial charge in [0.05, 0.1) is 5.69 Å². The minimum atomic E-state index is -5.34. The number of benzene rings is 1. The molecule has 1 unspecified atom stereocenters. The van der Waals surface area contributed by atoms with Crippen molar-refractivity contribution in [3.63, 3.8) is 0 Å². The van der Waals surface area contributed by atoms with Crippen LogP contribution in [-0.2, 0) is 27.7 Å². The second kappa shape index (κ2) is 14.3. The number of imide groups is 1. The van der Waals surface area contributed by atoms with Gasteiger partial charge in [-0.2, -0.15) is 31.2 Å². The van der Waals surface area contributed by atoms with E-state index in [1.807, 2.05) is 0 Å². The Balaban J connectivity index is 2.03. The number of nitrogens with zero attached hydrogens (tertiary/aromatic N) is 4. The Hall–Kier alpha value is -4.48. The quantitative estimate of drug-likeness (QED) is 0.260. The van der Waals surface area contributed by atoms with Crippen molar-refractivity contribution in [1.82, 2.24) is 15.2 Å². The first-order valence-electron chi connectivity index (χ1n) is 15.8. The SMILES string of the molecule is CC(C)(C)OC(=O)N(C(=O)OC(C)(C)C)c1cc(C(F)(F)F)c2nc1-c1nnc(o1)[C@@](O)(C(F)(F)F)CCCCCC(Cc1ccc(F)cc1)O2. The van der Waals surface area contributed by atoms with Crippen LogP contribution in [0.3, 0.4) is 0 Å². The number of halogens is 7. The van der Waals surface area contributed by atoms with Gasteiger partial charge in [0.25, 0.3) is 11.8 Å². The van der Waals surface area contributed by atoms with Gasteiger partial charge in [-0.1, -0.05) is 18.6 Å². The van der Waals surface area contributed by atoms with Crippen molar-refractivity contribution in [3.8, 4) is 17.5 Å². The van der Waals surface area contributed by atoms with Crippen LogP contribution in [0.25, 0.3) is 11.6 Å². The normalized spacial score (nSPS) is 19.1. The number of carbonyl (C=O) groups is 2. The molecule has 18 heteroatoms. The number of aromatic nitrogens is 3. The number of rotatable bonds is 3. The van der Waals surface area contributed by atoms with Crippen LogP contribution in [0.15, 0.2) is 34.7 Å². The number of carbonyl (C=O) groups excluding carboxylic acids is 2. The summed E-state index contributed by atoms with van der Waals surface area (Å²) in [7, 11) is 0. The van der Waals surface area contributed by atoms with E-state index in [4.69, 9.17) is 18.6 Å². The lowest BCUT2D eigenvalue weighted by atomic mass is 9.94. The van der Waals surface area contributed by atoms with Gasteiger partial charge in [-0.05, 0) is 91.0 Å². The molecule has 4 bridgehead atoms. The average Bonchev–Trinajstić information content (AvgIpc) is 3.46. The lowest BCUT2D eigenvalue weighted by molar-refractivity contribution is -0.277. The number of ether oxygens (including phenoxy) is 3. The molecule has 2 aromatic heterocycles. The van der Waals surface area contributed by atoms with E-state index in [1.165, 1.54) is 53.7 Å². The summed E-state index contributed by atoms with van der Waals surface area (Å²) in [6.07, 6.45) is -15.8. The van der Waals surface area contributed by atoms with E-state index in [0.717, 1.165) is 12.1 Å². The van der Waals surface area contributed by atoms with E-state index < -0.39 is 94.3 Å². The third-order valence-corrected chi connectivity index (χ3v) is 7.34. The van der Waals surface area contributed by atoms with Gasteiger partial charge >= 0.3 is 24.5 Å². The predicted octanol–water partition coefficient (Wildman–Crippen LogP) is 8.67. The highest BCUT2D eigenvalue weighted by Gasteiger charge is 2.58. The minimum absolute atomic E-state index is 0.00177. The first-order valence-corrected chi connectivity index (χ1v) is 15.8. The Morgan fingerprint density at radius 2 is 1.51 bits per heavy atom. The molecule has 1 N–H and O–H groups in total. The third kappa shape index (κ3) is 9.65. The van der Waals surface area contributed by atoms with Crippen LogP contribution in [0.5, 0.6) is 5.88 Å². The lowest BCUT2D eigenvalue weighted by Crippen LogP contribution is -2.44. The molecule has 11 nitrogen and oxygen atoms in total. The average molecular weight is 735 g/mol. The lowest BCUT2D eigenvalue weighted by Gasteiger charge is -2.30. The van der Waals surface area contributed by atoms with Gasteiger partial charge in [-0.15, -0.1) is 10.2 Å². The fraction of sp³-hybridized carbons (Fsp3) is 0.545. The molecule has 2 atom stereocenters. The molecule has 1 aliphatic heterocycles. The fourth-order valence-electron chi connectivity index (χ4n) is 5.02. The summed E-state index contributed by atoms with van der Waals surface area (Å²) in [4.78, 5) is 31.1. The summed E-state index contributed by atoms with van der Waals surface area (Å²) in [6.45, 7) is 8.43. The molecule has 2 amide bonds. The zero-order valence-electron chi connectivity index (χ0n) is 28.5. The third-order valence-electron chi connectivity index (χ3n) is 7.34. The molecule has 0 radical (unpaired) electrons. The summed E-state index contributed by atoms with van der Waals surface area (Å²) >= 11 is 0. The minimum Gasteiger partial charge on any atom is -0.474 e. The second-order valence-electron chi connectivity index (χ2n) is 13.9. The maximum Gasteiger partial charge on any atom is 0.426 e. The summed E-state index contributed by atoms with van der Waals surface area (Å²) in [6, 6.07) is 5.35. The van der Waals surface area contributed by atoms with Crippen molar-refractivity contribution in [2.24, 2.45) is 0 Å². The number of alkyl halides is 6. The van der Waals surface area contributed by atoms with E-state index in [-0.39, 0.29) is 37.0 Å². The number of anilines is 1. The number of fused-ring (bicyclic) bond motifs is 5. The standard InChI is InChI=1S/C33H37F7N4O7/c1-29(2,3)50-27(45)44(28(46)51-30(4,5)6)22-17-21(32(35,36)37)24-41-23(22)25-42-43-26(49-25)31(47,33(38,39)40)15-9-7-8-10-20(48-24)16-18-11-13-19(34)14-12-18/h11-14,17,20,47H,7-10,15-16H2,1-6H3/t20?,31-/m1/s1. The molecule has 51 heavy (non-hydrogen) atoms. The molecule has 3 aromatic rings. The van der Waals surface area contributed by atoms with Crippen LogP contribution in [0.1, 0.15) is 90.7 Å². The van der Waals surface area contributed by atoms with E-state index in [0.29, 0.717) is 11.6 Å². The highest BCUT2D eigenvalue weighted by Crippen LogP contribution is 2.46. The highest BCUT2D eigenvalue weighted by atomic mass is 19.4. The van der Waals surface area contributed by atoms with Crippen molar-refractivity contribution < 1.29 is 64.1 Å². The molecule has 0 spiro atoms. The topological polar surface area (TPSA) is 137 Å². The summed E-state index contributed by atoms with van der Waals surface area (Å²) < 4.78 is 123. The number of pyridine rings is 1. The van der Waals surface area contributed by atoms with E-state index in [1.54, 1.807) is 0 Å². The van der Waals surface area contributed by atoms with Crippen molar-refractivity contribution in [2.45, 2.75) is 115 Å². The Morgan fingerprint density at radius 1 is 0.922 bits per heavy atom. The van der Waals surface area contributed by atoms with Crippen LogP contribution < -0.4 is 9.64 Å². The maximum absolute atomic E-state index is 14.8. The van der Waals surface area contributed by atoms with Gasteiger partial charge in [-0.3, -0.25) is 0 Å². The van der Waals surface area contributed by atoms with Gasteiger partial charge in [0.2, 0.25) is 11.5 Å². The molecule has 1 aliphatic rings. The van der Waals surface area contributed by atoms with Gasteiger partial charge in [-0.25, -0.2) is 19.0 Å². The zero-order chi connectivity index (χ0) is 38.2. The molecular formula is C33H37F7N4O7. The van der Waals surface area contributed by atoms with Gasteiger partial charge in [0.1, 0.15) is 28.7 Å². The Labute approximate surface area is 288 Å². The largest absolute Gasteiger partial charge is 0.474 e. The smallest absolute Gasteiger partial charge is 0.426 e. The number of amides is 2. The number of aliphatic hydroxyl groups is 1. The fourth-order valence-corrected chi connectivity index (χ4v) is 5.02. The summed E-state index contributed by atoms with van der Waals surface area (Å²) in [5.74, 6) is -4.04. The molecule has 0 fully saturated rings. The van der Waals surface area contributed by atoms with Crippen LogP contribution in [0.4, 0.5) is 46.0 Å². The first kappa shape index (κ1) is 39.3. The molecule has 4 rings (SSSR count). The predicted molar refractivity (Wildman–Crippen MR) is 165 cm³/mol. The van der Waals surface area contributed by atoms with E-state index in [9.17, 15) is 45.4 Å². The van der Waals surface area contributed by atoms with Crippen LogP contribution in [0, 0.1) is 5.82 Å². The van der Waals surface area contributed by atoms with Crippen molar-refractivity contribution in [3.05, 3.63) is 53.2 Å². The monoisotopic (exact) mass is 734 g/mol. The molecule has 280 valence electrons. The number of hydrogen-bond donors (Lipinski definition) is 1. The van der Waals surface area contributed by atoms with Gasteiger partial charge in [0.15, 0.2) is 5.69 Å². The van der Waals surface area contributed by atoms with Crippen LogP contribution in [-0.4, -0.2) is 56.0 Å². The molecule has 0 saturated carbocycles. The summed E-state index contributed by atoms with van der Waals surface area (Å²) in [5.41, 5.74) is -9.38.